The van der Waals surface area contributed by atoms with Crippen molar-refractivity contribution in [1.82, 2.24) is 5.32 Å². The topological polar surface area (TPSA) is 21.3 Å². The molecule has 1 aromatic carbocycles. The highest BCUT2D eigenvalue weighted by Crippen LogP contribution is 2.31. The van der Waals surface area contributed by atoms with Gasteiger partial charge in [0.25, 0.3) is 0 Å². The van der Waals surface area contributed by atoms with Gasteiger partial charge in [-0.25, -0.2) is 4.39 Å². The molecule has 0 bridgehead atoms. The first-order valence-corrected chi connectivity index (χ1v) is 8.38. The summed E-state index contributed by atoms with van der Waals surface area (Å²) < 4.78 is 19.7. The van der Waals surface area contributed by atoms with E-state index in [-0.39, 0.29) is 5.82 Å². The van der Waals surface area contributed by atoms with Crippen molar-refractivity contribution in [3.05, 3.63) is 29.6 Å². The Morgan fingerprint density at radius 3 is 2.90 bits per heavy atom. The van der Waals surface area contributed by atoms with Crippen LogP contribution in [0.1, 0.15) is 57.9 Å². The summed E-state index contributed by atoms with van der Waals surface area (Å²) in [7, 11) is 0. The molecule has 0 heterocycles. The maximum Gasteiger partial charge on any atom is 0.124 e. The number of ether oxygens (including phenoxy) is 1. The average molecular weight is 293 g/mol. The van der Waals surface area contributed by atoms with E-state index in [0.717, 1.165) is 43.0 Å². The molecule has 21 heavy (non-hydrogen) atoms. The maximum absolute atomic E-state index is 13.5. The van der Waals surface area contributed by atoms with Crippen LogP contribution in [0, 0.1) is 11.7 Å². The monoisotopic (exact) mass is 293 g/mol. The molecule has 1 aliphatic carbocycles. The Hall–Kier alpha value is -1.09. The fraction of sp³-hybridized carbons (Fsp3) is 0.667. The van der Waals surface area contributed by atoms with E-state index < -0.39 is 0 Å². The van der Waals surface area contributed by atoms with Gasteiger partial charge in [-0.3, -0.25) is 0 Å². The summed E-state index contributed by atoms with van der Waals surface area (Å²) in [6.07, 6.45) is 7.42. The fourth-order valence-electron chi connectivity index (χ4n) is 3.10. The van der Waals surface area contributed by atoms with Crippen LogP contribution in [0.5, 0.6) is 5.75 Å². The fourth-order valence-corrected chi connectivity index (χ4v) is 3.10. The van der Waals surface area contributed by atoms with Gasteiger partial charge >= 0.3 is 0 Å². The molecule has 118 valence electrons. The Morgan fingerprint density at radius 2 is 2.14 bits per heavy atom. The summed E-state index contributed by atoms with van der Waals surface area (Å²) in [6, 6.07) is 4.88. The van der Waals surface area contributed by atoms with Crippen molar-refractivity contribution in [2.75, 3.05) is 6.54 Å². The third kappa shape index (κ3) is 4.99. The van der Waals surface area contributed by atoms with Gasteiger partial charge in [0.05, 0.1) is 6.10 Å². The van der Waals surface area contributed by atoms with E-state index in [1.54, 1.807) is 12.1 Å². The molecule has 1 fully saturated rings. The number of nitrogens with one attached hydrogen (secondary N) is 1. The minimum atomic E-state index is -0.189. The van der Waals surface area contributed by atoms with Gasteiger partial charge < -0.3 is 10.1 Å². The number of hydrogen-bond acceptors (Lipinski definition) is 2. The van der Waals surface area contributed by atoms with Crippen molar-refractivity contribution in [1.29, 1.82) is 0 Å². The van der Waals surface area contributed by atoms with Crippen LogP contribution < -0.4 is 10.1 Å². The summed E-state index contributed by atoms with van der Waals surface area (Å²) in [5.74, 6) is 1.44. The second kappa shape index (κ2) is 8.38. The standard InChI is InChI=1S/C18H28FNO/c1-3-10-20-13-15-12-16(19)8-9-18(15)21-17-7-5-6-14(4-2)11-17/h8-9,12,14,17,20H,3-7,10-11,13H2,1-2H3. The van der Waals surface area contributed by atoms with Crippen LogP contribution in [-0.4, -0.2) is 12.6 Å². The van der Waals surface area contributed by atoms with E-state index in [1.165, 1.54) is 25.3 Å². The lowest BCUT2D eigenvalue weighted by molar-refractivity contribution is 0.120. The average Bonchev–Trinajstić information content (AvgIpc) is 2.50. The van der Waals surface area contributed by atoms with Crippen molar-refractivity contribution in [3.8, 4) is 5.75 Å². The number of hydrogen-bond donors (Lipinski definition) is 1. The van der Waals surface area contributed by atoms with Crippen molar-refractivity contribution in [3.63, 3.8) is 0 Å². The zero-order valence-corrected chi connectivity index (χ0v) is 13.3. The van der Waals surface area contributed by atoms with E-state index in [2.05, 4.69) is 19.2 Å². The second-order valence-corrected chi connectivity index (χ2v) is 6.11. The molecule has 0 saturated heterocycles. The molecule has 0 spiro atoms. The first-order chi connectivity index (χ1) is 10.2. The molecule has 1 N–H and O–H groups in total. The molecule has 2 atom stereocenters. The van der Waals surface area contributed by atoms with Crippen molar-refractivity contribution in [2.24, 2.45) is 5.92 Å². The lowest BCUT2D eigenvalue weighted by Gasteiger charge is -2.29. The SMILES string of the molecule is CCCNCc1cc(F)ccc1OC1CCCC(CC)C1. The van der Waals surface area contributed by atoms with Crippen LogP contribution in [0.25, 0.3) is 0 Å². The van der Waals surface area contributed by atoms with Crippen molar-refractivity contribution in [2.45, 2.75) is 65.0 Å². The Kier molecular flexibility index (Phi) is 6.50. The molecule has 3 heteroatoms. The Labute approximate surface area is 128 Å². The van der Waals surface area contributed by atoms with Crippen molar-refractivity contribution >= 4 is 0 Å². The molecule has 0 aliphatic heterocycles. The van der Waals surface area contributed by atoms with Gasteiger partial charge in [0, 0.05) is 12.1 Å². The molecular weight excluding hydrogens is 265 g/mol. The third-order valence-corrected chi connectivity index (χ3v) is 4.37. The third-order valence-electron chi connectivity index (χ3n) is 4.37. The summed E-state index contributed by atoms with van der Waals surface area (Å²) in [5, 5.41) is 3.33. The largest absolute Gasteiger partial charge is 0.490 e. The zero-order chi connectivity index (χ0) is 15.1. The normalized spacial score (nSPS) is 22.2. The van der Waals surface area contributed by atoms with Gasteiger partial charge in [0.1, 0.15) is 11.6 Å². The number of halogens is 1. The van der Waals surface area contributed by atoms with E-state index in [1.807, 2.05) is 0 Å². The van der Waals surface area contributed by atoms with Crippen LogP contribution in [0.2, 0.25) is 0 Å². The van der Waals surface area contributed by atoms with E-state index in [0.29, 0.717) is 12.6 Å². The number of rotatable bonds is 7. The van der Waals surface area contributed by atoms with Crippen LogP contribution in [0.3, 0.4) is 0 Å². The Bertz CT molecular complexity index is 435. The Morgan fingerprint density at radius 1 is 1.29 bits per heavy atom. The maximum atomic E-state index is 13.5. The molecule has 0 amide bonds. The molecule has 2 rings (SSSR count). The predicted molar refractivity (Wildman–Crippen MR) is 85.1 cm³/mol. The first-order valence-electron chi connectivity index (χ1n) is 8.38. The molecule has 1 aromatic rings. The van der Waals surface area contributed by atoms with E-state index in [4.69, 9.17) is 4.74 Å². The Balaban J connectivity index is 2.00. The van der Waals surface area contributed by atoms with E-state index >= 15 is 0 Å². The first kappa shape index (κ1) is 16.3. The van der Waals surface area contributed by atoms with Crippen LogP contribution in [0.15, 0.2) is 18.2 Å². The quantitative estimate of drug-likeness (QED) is 0.737. The summed E-state index contributed by atoms with van der Waals surface area (Å²) in [4.78, 5) is 0. The van der Waals surface area contributed by atoms with Gasteiger partial charge in [0.2, 0.25) is 0 Å². The van der Waals surface area contributed by atoms with Gasteiger partial charge in [-0.2, -0.15) is 0 Å². The molecule has 2 nitrogen and oxygen atoms in total. The highest BCUT2D eigenvalue weighted by atomic mass is 19.1. The summed E-state index contributed by atoms with van der Waals surface area (Å²) in [6.45, 7) is 6.00. The van der Waals surface area contributed by atoms with Crippen molar-refractivity contribution < 1.29 is 9.13 Å². The number of benzene rings is 1. The molecule has 0 aromatic heterocycles. The molecule has 1 aliphatic rings. The molecule has 1 saturated carbocycles. The lowest BCUT2D eigenvalue weighted by atomic mass is 9.85. The van der Waals surface area contributed by atoms with Gasteiger partial charge in [0.15, 0.2) is 0 Å². The lowest BCUT2D eigenvalue weighted by Crippen LogP contribution is -2.26. The van der Waals surface area contributed by atoms with Gasteiger partial charge in [-0.15, -0.1) is 0 Å². The van der Waals surface area contributed by atoms with E-state index in [9.17, 15) is 4.39 Å². The second-order valence-electron chi connectivity index (χ2n) is 6.11. The summed E-state index contributed by atoms with van der Waals surface area (Å²) in [5.41, 5.74) is 0.932. The smallest absolute Gasteiger partial charge is 0.124 e. The minimum absolute atomic E-state index is 0.189. The highest BCUT2D eigenvalue weighted by Gasteiger charge is 2.22. The van der Waals surface area contributed by atoms with Crippen LogP contribution >= 0.6 is 0 Å². The minimum Gasteiger partial charge on any atom is -0.490 e. The predicted octanol–water partition coefficient (Wildman–Crippen LogP) is 4.67. The van der Waals surface area contributed by atoms with Crippen LogP contribution in [0.4, 0.5) is 4.39 Å². The van der Waals surface area contributed by atoms with Gasteiger partial charge in [-0.05, 0) is 56.3 Å². The molecule has 0 radical (unpaired) electrons. The van der Waals surface area contributed by atoms with Crippen LogP contribution in [-0.2, 0) is 6.54 Å². The molecular formula is C18H28FNO. The summed E-state index contributed by atoms with van der Waals surface area (Å²) >= 11 is 0. The molecule has 2 unspecified atom stereocenters. The highest BCUT2D eigenvalue weighted by molar-refractivity contribution is 5.34. The van der Waals surface area contributed by atoms with Gasteiger partial charge in [-0.1, -0.05) is 26.7 Å². The zero-order valence-electron chi connectivity index (χ0n) is 13.3.